The van der Waals surface area contributed by atoms with Crippen LogP contribution in [-0.4, -0.2) is 50.8 Å². The van der Waals surface area contributed by atoms with Gasteiger partial charge >= 0.3 is 17.1 Å². The van der Waals surface area contributed by atoms with E-state index in [0.29, 0.717) is 33.2 Å². The van der Waals surface area contributed by atoms with Gasteiger partial charge < -0.3 is 30.2 Å². The normalized spacial score (nSPS) is 9.62. The Kier molecular flexibility index (Phi) is 14.7. The standard InChI is InChI=1S/2C15H11NO2.2C3H7NO.Cu/c2*17-14-11-8-4-5-9-12(11)16-13(15(14)18)10-6-2-1-3-7-10;2*1-4(2)3-5;/h2*1-9,18H,(H,16,17);2*3H,1-2H3;/q;;;;+2/p-2. The summed E-state index contributed by atoms with van der Waals surface area (Å²) in [6.45, 7) is 0. The van der Waals surface area contributed by atoms with Crippen LogP contribution in [0.2, 0.25) is 0 Å². The summed E-state index contributed by atoms with van der Waals surface area (Å²) in [6, 6.07) is 32.4. The van der Waals surface area contributed by atoms with E-state index >= 15 is 0 Å². The monoisotopic (exact) mass is 681 g/mol. The molecule has 2 N–H and O–H groups in total. The number of hydrogen-bond acceptors (Lipinski definition) is 6. The number of hydrogen-bond donors (Lipinski definition) is 0. The Morgan fingerprint density at radius 3 is 1.04 bits per heavy atom. The molecule has 0 aliphatic rings. The van der Waals surface area contributed by atoms with Gasteiger partial charge in [0.15, 0.2) is 0 Å². The molecular formula is C36H34CuN4O6. The largest absolute Gasteiger partial charge is 2.00 e. The molecule has 0 fully saturated rings. The number of nitrogens with one attached hydrogen (secondary N) is 2. The van der Waals surface area contributed by atoms with Gasteiger partial charge in [-0.3, -0.25) is 9.59 Å². The zero-order valence-electron chi connectivity index (χ0n) is 26.2. The molecule has 0 aliphatic carbocycles. The number of aromatic nitrogens is 2. The van der Waals surface area contributed by atoms with Crippen LogP contribution in [0.15, 0.2) is 109 Å². The van der Waals surface area contributed by atoms with E-state index in [9.17, 15) is 30.0 Å². The van der Waals surface area contributed by atoms with E-state index in [1.807, 2.05) is 48.5 Å². The summed E-state index contributed by atoms with van der Waals surface area (Å²) in [4.78, 5) is 27.8. The fourth-order valence-electron chi connectivity index (χ4n) is 4.05. The van der Waals surface area contributed by atoms with Gasteiger partial charge in [0.05, 0.1) is 0 Å². The number of nitrogens with zero attached hydrogens (tertiary/aromatic N) is 2. The number of pyridine rings is 2. The molecule has 0 bridgehead atoms. The van der Waals surface area contributed by atoms with Crippen molar-refractivity contribution in [3.8, 4) is 45.5 Å². The van der Waals surface area contributed by atoms with Gasteiger partial charge in [-0.25, -0.2) is 9.97 Å². The Bertz CT molecular complexity index is 1750. The average molecular weight is 682 g/mol. The van der Waals surface area contributed by atoms with Crippen LogP contribution in [-0.2, 0) is 26.7 Å². The Balaban J connectivity index is 0.000000251. The fraction of sp³-hybridized carbons (Fsp3) is 0.111. The van der Waals surface area contributed by atoms with Gasteiger partial charge in [-0.1, -0.05) is 72.2 Å². The van der Waals surface area contributed by atoms with E-state index in [2.05, 4.69) is 9.97 Å². The van der Waals surface area contributed by atoms with Crippen molar-refractivity contribution in [1.29, 1.82) is 0 Å². The van der Waals surface area contributed by atoms with Crippen molar-refractivity contribution >= 4 is 34.6 Å². The molecule has 4 aromatic carbocycles. The van der Waals surface area contributed by atoms with Crippen molar-refractivity contribution < 1.29 is 57.1 Å². The second-order valence-corrected chi connectivity index (χ2v) is 10.3. The minimum Gasteiger partial charge on any atom is -0.872 e. The third-order valence-corrected chi connectivity index (χ3v) is 6.28. The zero-order valence-corrected chi connectivity index (χ0v) is 27.1. The number of rotatable bonds is 4. The molecule has 47 heavy (non-hydrogen) atoms. The van der Waals surface area contributed by atoms with Gasteiger partial charge in [0.25, 0.3) is 0 Å². The van der Waals surface area contributed by atoms with Crippen molar-refractivity contribution in [2.75, 3.05) is 28.2 Å². The third-order valence-electron chi connectivity index (χ3n) is 6.28. The average Bonchev–Trinajstić information content (AvgIpc) is 3.09. The first-order valence-corrected chi connectivity index (χ1v) is 14.1. The first-order chi connectivity index (χ1) is 22.1. The zero-order chi connectivity index (χ0) is 33.6. The number of aromatic amines is 2. The van der Waals surface area contributed by atoms with Crippen molar-refractivity contribution in [1.82, 2.24) is 9.80 Å². The maximum atomic E-state index is 12.0. The molecule has 10 nitrogen and oxygen atoms in total. The number of carbonyl (C=O) groups excluding carboxylic acids is 2. The van der Waals surface area contributed by atoms with Crippen LogP contribution in [0, 0.1) is 0 Å². The Morgan fingerprint density at radius 2 is 0.745 bits per heavy atom. The van der Waals surface area contributed by atoms with Crippen LogP contribution in [0.1, 0.15) is 0 Å². The first-order valence-electron chi connectivity index (χ1n) is 14.1. The quantitative estimate of drug-likeness (QED) is 0.205. The molecule has 0 saturated carbocycles. The molecule has 2 amide bonds. The smallest absolute Gasteiger partial charge is 0.872 e. The summed E-state index contributed by atoms with van der Waals surface area (Å²) in [7, 11) is 6.75. The van der Waals surface area contributed by atoms with Crippen molar-refractivity contribution in [3.63, 3.8) is 0 Å². The SMILES string of the molecule is CN(C)C=O.CN(C)C=O.[Cu+2].[O-]c1c(-c2ccccc2)[nH+]c2ccccc2c1[O-].[O-]c1c(-c2ccccc2)[nH+]c2ccccc2c1[O-]. The molecule has 0 spiro atoms. The number of benzene rings is 4. The van der Waals surface area contributed by atoms with E-state index in [1.165, 1.54) is 9.80 Å². The Morgan fingerprint density at radius 1 is 0.468 bits per heavy atom. The summed E-state index contributed by atoms with van der Waals surface area (Å²) in [5.74, 6) is -1.88. The van der Waals surface area contributed by atoms with Gasteiger partial charge in [0.2, 0.25) is 35.2 Å². The molecule has 0 unspecified atom stereocenters. The van der Waals surface area contributed by atoms with Crippen LogP contribution >= 0.6 is 0 Å². The van der Waals surface area contributed by atoms with Crippen molar-refractivity contribution in [2.45, 2.75) is 0 Å². The van der Waals surface area contributed by atoms with Crippen LogP contribution in [0.5, 0.6) is 23.0 Å². The van der Waals surface area contributed by atoms with E-state index in [1.54, 1.807) is 88.9 Å². The molecule has 6 aromatic rings. The number of fused-ring (bicyclic) bond motifs is 2. The van der Waals surface area contributed by atoms with Crippen LogP contribution < -0.4 is 30.4 Å². The van der Waals surface area contributed by atoms with Gasteiger partial charge in [-0.2, -0.15) is 0 Å². The molecule has 0 atom stereocenters. The second kappa shape index (κ2) is 18.4. The van der Waals surface area contributed by atoms with Gasteiger partial charge in [-0.15, -0.1) is 0 Å². The van der Waals surface area contributed by atoms with Crippen LogP contribution in [0.4, 0.5) is 0 Å². The van der Waals surface area contributed by atoms with E-state index in [0.717, 1.165) is 23.9 Å². The molecule has 245 valence electrons. The molecule has 2 aromatic heterocycles. The Labute approximate surface area is 283 Å². The minimum absolute atomic E-state index is 0. The predicted octanol–water partition coefficient (Wildman–Crippen LogP) is 2.34. The maximum Gasteiger partial charge on any atom is 2.00 e. The van der Waals surface area contributed by atoms with E-state index in [4.69, 9.17) is 0 Å². The summed E-state index contributed by atoms with van der Waals surface area (Å²) < 4.78 is 0. The molecular weight excluding hydrogens is 648 g/mol. The van der Waals surface area contributed by atoms with Crippen LogP contribution in [0.3, 0.4) is 0 Å². The number of carbonyl (C=O) groups is 2. The molecule has 1 radical (unpaired) electrons. The summed E-state index contributed by atoms with van der Waals surface area (Å²) in [5, 5.41) is 48.9. The number of para-hydroxylation sites is 2. The molecule has 2 heterocycles. The molecule has 6 rings (SSSR count). The maximum absolute atomic E-state index is 12.0. The van der Waals surface area contributed by atoms with E-state index < -0.39 is 23.0 Å². The fourth-order valence-corrected chi connectivity index (χ4v) is 4.05. The summed E-state index contributed by atoms with van der Waals surface area (Å²) in [5.41, 5.74) is 3.51. The second-order valence-electron chi connectivity index (χ2n) is 10.3. The number of H-pyrrole nitrogens is 2. The van der Waals surface area contributed by atoms with Gasteiger partial charge in [-0.05, 0) is 47.9 Å². The van der Waals surface area contributed by atoms with Crippen LogP contribution in [0.25, 0.3) is 44.3 Å². The first kappa shape index (κ1) is 37.5. The van der Waals surface area contributed by atoms with Crippen molar-refractivity contribution in [2.24, 2.45) is 0 Å². The topological polar surface area (TPSA) is 161 Å². The molecule has 0 aliphatic heterocycles. The summed E-state index contributed by atoms with van der Waals surface area (Å²) >= 11 is 0. The van der Waals surface area contributed by atoms with E-state index in [-0.39, 0.29) is 17.1 Å². The van der Waals surface area contributed by atoms with Crippen molar-refractivity contribution in [3.05, 3.63) is 109 Å². The van der Waals surface area contributed by atoms with Gasteiger partial charge in [0, 0.05) is 62.2 Å². The third kappa shape index (κ3) is 10.2. The Hall–Kier alpha value is -5.64. The molecule has 11 heteroatoms. The summed E-state index contributed by atoms with van der Waals surface area (Å²) in [6.07, 6.45) is 1.50. The number of amides is 2. The predicted molar refractivity (Wildman–Crippen MR) is 169 cm³/mol. The molecule has 0 saturated heterocycles. The van der Waals surface area contributed by atoms with Gasteiger partial charge in [0.1, 0.15) is 0 Å². The minimum atomic E-state index is -0.486.